The minimum Gasteiger partial charge on any atom is -0.378 e. The molecular weight excluding hydrogens is 204 g/mol. The minimum absolute atomic E-state index is 0.0919. The quantitative estimate of drug-likeness (QED) is 0.753. The van der Waals surface area contributed by atoms with Gasteiger partial charge in [-0.1, -0.05) is 0 Å². The maximum atomic E-state index is 11.6. The van der Waals surface area contributed by atoms with E-state index in [0.29, 0.717) is 29.8 Å². The summed E-state index contributed by atoms with van der Waals surface area (Å²) in [7, 11) is 1.56. The molecular formula is C12H12N2O2. The Bertz CT molecular complexity index is 475. The summed E-state index contributed by atoms with van der Waals surface area (Å²) < 4.78 is 4.99. The minimum atomic E-state index is 0.0919. The number of rotatable bonds is 2. The van der Waals surface area contributed by atoms with Gasteiger partial charge in [0.05, 0.1) is 17.9 Å². The van der Waals surface area contributed by atoms with Crippen LogP contribution in [-0.4, -0.2) is 17.9 Å². The highest BCUT2D eigenvalue weighted by Crippen LogP contribution is 2.25. The van der Waals surface area contributed by atoms with E-state index in [1.807, 2.05) is 0 Å². The fraction of sp³-hybridized carbons (Fsp3) is 0.417. The molecule has 2 rings (SSSR count). The largest absolute Gasteiger partial charge is 0.378 e. The number of ketones is 1. The van der Waals surface area contributed by atoms with Crippen LogP contribution >= 0.6 is 0 Å². The Balaban J connectivity index is 2.56. The van der Waals surface area contributed by atoms with Crippen LogP contribution in [0.3, 0.4) is 0 Å². The molecule has 0 N–H and O–H groups in total. The highest BCUT2D eigenvalue weighted by atomic mass is 16.5. The molecule has 82 valence electrons. The van der Waals surface area contributed by atoms with Gasteiger partial charge in [0.15, 0.2) is 5.78 Å². The first-order valence-corrected chi connectivity index (χ1v) is 5.21. The normalized spacial score (nSPS) is 14.4. The molecule has 0 aromatic carbocycles. The van der Waals surface area contributed by atoms with Crippen LogP contribution in [0.15, 0.2) is 6.20 Å². The van der Waals surface area contributed by atoms with Gasteiger partial charge in [-0.3, -0.25) is 9.78 Å². The van der Waals surface area contributed by atoms with Gasteiger partial charge in [-0.2, -0.15) is 5.26 Å². The summed E-state index contributed by atoms with van der Waals surface area (Å²) in [5.41, 5.74) is 2.61. The van der Waals surface area contributed by atoms with Gasteiger partial charge in [0, 0.05) is 25.3 Å². The molecule has 1 aliphatic carbocycles. The molecule has 0 bridgehead atoms. The van der Waals surface area contributed by atoms with Gasteiger partial charge >= 0.3 is 0 Å². The van der Waals surface area contributed by atoms with E-state index < -0.39 is 0 Å². The maximum Gasteiger partial charge on any atom is 0.164 e. The third kappa shape index (κ3) is 1.70. The number of nitriles is 1. The molecule has 0 unspecified atom stereocenters. The second kappa shape index (κ2) is 4.42. The van der Waals surface area contributed by atoms with Crippen molar-refractivity contribution in [2.75, 3.05) is 7.11 Å². The van der Waals surface area contributed by atoms with E-state index in [9.17, 15) is 4.79 Å². The summed E-state index contributed by atoms with van der Waals surface area (Å²) >= 11 is 0. The molecule has 0 saturated heterocycles. The zero-order chi connectivity index (χ0) is 11.5. The number of methoxy groups -OCH3 is 1. The second-order valence-electron chi connectivity index (χ2n) is 3.79. The Morgan fingerprint density at radius 1 is 1.56 bits per heavy atom. The van der Waals surface area contributed by atoms with Crippen LogP contribution < -0.4 is 0 Å². The zero-order valence-corrected chi connectivity index (χ0v) is 9.12. The summed E-state index contributed by atoms with van der Waals surface area (Å²) in [6, 6.07) is 2.13. The van der Waals surface area contributed by atoms with E-state index in [1.54, 1.807) is 13.3 Å². The molecule has 0 radical (unpaired) electrons. The molecule has 0 saturated carbocycles. The molecule has 1 heterocycles. The average molecular weight is 216 g/mol. The van der Waals surface area contributed by atoms with Crippen LogP contribution in [0, 0.1) is 11.3 Å². The van der Waals surface area contributed by atoms with E-state index in [4.69, 9.17) is 10.00 Å². The lowest BCUT2D eigenvalue weighted by atomic mass is 9.88. The van der Waals surface area contributed by atoms with Crippen molar-refractivity contribution in [3.8, 4) is 6.07 Å². The standard InChI is InChI=1S/C12H12N2O2/c1-16-7-11-9(5-13)8-3-2-4-12(15)10(8)6-14-11/h6H,2-4,7H2,1H3. The molecule has 0 fully saturated rings. The smallest absolute Gasteiger partial charge is 0.164 e. The van der Waals surface area contributed by atoms with Crippen molar-refractivity contribution in [3.63, 3.8) is 0 Å². The molecule has 16 heavy (non-hydrogen) atoms. The van der Waals surface area contributed by atoms with Crippen LogP contribution in [0.5, 0.6) is 0 Å². The van der Waals surface area contributed by atoms with E-state index >= 15 is 0 Å². The number of carbonyl (C=O) groups is 1. The first-order valence-electron chi connectivity index (χ1n) is 5.21. The first-order chi connectivity index (χ1) is 7.77. The molecule has 0 amide bonds. The van der Waals surface area contributed by atoms with Crippen LogP contribution in [0.2, 0.25) is 0 Å². The van der Waals surface area contributed by atoms with E-state index in [-0.39, 0.29) is 5.78 Å². The Morgan fingerprint density at radius 2 is 2.38 bits per heavy atom. The zero-order valence-electron chi connectivity index (χ0n) is 9.12. The lowest BCUT2D eigenvalue weighted by Crippen LogP contribution is -2.15. The number of fused-ring (bicyclic) bond motifs is 1. The fourth-order valence-electron chi connectivity index (χ4n) is 2.03. The van der Waals surface area contributed by atoms with Crippen molar-refractivity contribution in [2.24, 2.45) is 0 Å². The summed E-state index contributed by atoms with van der Waals surface area (Å²) in [6.45, 7) is 0.310. The molecule has 4 nitrogen and oxygen atoms in total. The second-order valence-corrected chi connectivity index (χ2v) is 3.79. The maximum absolute atomic E-state index is 11.6. The van der Waals surface area contributed by atoms with Crippen molar-refractivity contribution in [2.45, 2.75) is 25.9 Å². The molecule has 1 aromatic heterocycles. The first kappa shape index (κ1) is 10.8. The Labute approximate surface area is 93.9 Å². The monoisotopic (exact) mass is 216 g/mol. The van der Waals surface area contributed by atoms with Crippen molar-refractivity contribution in [3.05, 3.63) is 28.6 Å². The van der Waals surface area contributed by atoms with Gasteiger partial charge in [0.2, 0.25) is 0 Å². The summed E-state index contributed by atoms with van der Waals surface area (Å²) in [4.78, 5) is 15.8. The van der Waals surface area contributed by atoms with Crippen LogP contribution in [0.4, 0.5) is 0 Å². The lowest BCUT2D eigenvalue weighted by molar-refractivity contribution is 0.0971. The number of ether oxygens (including phenoxy) is 1. The number of Topliss-reactive ketones (excluding diaryl/α,β-unsaturated/α-hetero) is 1. The van der Waals surface area contributed by atoms with Crippen molar-refractivity contribution in [1.82, 2.24) is 4.98 Å². The number of hydrogen-bond donors (Lipinski definition) is 0. The Hall–Kier alpha value is -1.73. The number of pyridine rings is 1. The lowest BCUT2D eigenvalue weighted by Gasteiger charge is -2.16. The highest BCUT2D eigenvalue weighted by molar-refractivity contribution is 5.98. The molecule has 0 aliphatic heterocycles. The van der Waals surface area contributed by atoms with Gasteiger partial charge in [-0.15, -0.1) is 0 Å². The number of nitrogens with zero attached hydrogens (tertiary/aromatic N) is 2. The number of hydrogen-bond acceptors (Lipinski definition) is 4. The van der Waals surface area contributed by atoms with Gasteiger partial charge in [-0.25, -0.2) is 0 Å². The van der Waals surface area contributed by atoms with Crippen LogP contribution in [0.25, 0.3) is 0 Å². The molecule has 4 heteroatoms. The van der Waals surface area contributed by atoms with E-state index in [2.05, 4.69) is 11.1 Å². The highest BCUT2D eigenvalue weighted by Gasteiger charge is 2.22. The SMILES string of the molecule is COCc1ncc2c(c1C#N)CCCC2=O. The van der Waals surface area contributed by atoms with E-state index in [0.717, 1.165) is 18.4 Å². The van der Waals surface area contributed by atoms with Gasteiger partial charge in [-0.05, 0) is 18.4 Å². The van der Waals surface area contributed by atoms with E-state index in [1.165, 1.54) is 0 Å². The Morgan fingerprint density at radius 3 is 3.06 bits per heavy atom. The van der Waals surface area contributed by atoms with Gasteiger partial charge in [0.1, 0.15) is 6.07 Å². The number of aromatic nitrogens is 1. The molecule has 1 aromatic rings. The summed E-state index contributed by atoms with van der Waals surface area (Å²) in [6.07, 6.45) is 3.73. The van der Waals surface area contributed by atoms with Crippen molar-refractivity contribution >= 4 is 5.78 Å². The molecule has 0 spiro atoms. The van der Waals surface area contributed by atoms with Crippen LogP contribution in [0.1, 0.15) is 40.0 Å². The fourth-order valence-corrected chi connectivity index (χ4v) is 2.03. The molecule has 0 atom stereocenters. The number of carbonyl (C=O) groups excluding carboxylic acids is 1. The average Bonchev–Trinajstić information content (AvgIpc) is 2.29. The molecule has 1 aliphatic rings. The topological polar surface area (TPSA) is 63.0 Å². The summed E-state index contributed by atoms with van der Waals surface area (Å²) in [5.74, 6) is 0.0919. The van der Waals surface area contributed by atoms with Gasteiger partial charge in [0.25, 0.3) is 0 Å². The predicted molar refractivity (Wildman–Crippen MR) is 56.9 cm³/mol. The van der Waals surface area contributed by atoms with Crippen LogP contribution in [-0.2, 0) is 17.8 Å². The third-order valence-corrected chi connectivity index (χ3v) is 2.79. The Kier molecular flexibility index (Phi) is 2.97. The third-order valence-electron chi connectivity index (χ3n) is 2.79. The predicted octanol–water partition coefficient (Wildman–Crippen LogP) is 1.62. The van der Waals surface area contributed by atoms with Crippen molar-refractivity contribution < 1.29 is 9.53 Å². The van der Waals surface area contributed by atoms with Crippen molar-refractivity contribution in [1.29, 1.82) is 5.26 Å². The van der Waals surface area contributed by atoms with Gasteiger partial charge < -0.3 is 4.74 Å². The summed E-state index contributed by atoms with van der Waals surface area (Å²) in [5, 5.41) is 9.13.